The van der Waals surface area contributed by atoms with Gasteiger partial charge in [-0.3, -0.25) is 0 Å². The van der Waals surface area contributed by atoms with Crippen molar-refractivity contribution in [2.45, 2.75) is 50.5 Å². The molecule has 8 rings (SSSR count). The Bertz CT molecular complexity index is 1630. The molecule has 5 N–H and O–H groups in total. The van der Waals surface area contributed by atoms with Crippen molar-refractivity contribution in [2.24, 2.45) is 0 Å². The van der Waals surface area contributed by atoms with Crippen molar-refractivity contribution >= 4 is 35.1 Å². The van der Waals surface area contributed by atoms with Gasteiger partial charge in [0.2, 0.25) is 11.9 Å². The van der Waals surface area contributed by atoms with Crippen LogP contribution in [0.1, 0.15) is 43.9 Å². The highest BCUT2D eigenvalue weighted by molar-refractivity contribution is 5.67. The van der Waals surface area contributed by atoms with Crippen LogP contribution in [-0.2, 0) is 11.8 Å². The van der Waals surface area contributed by atoms with E-state index in [0.717, 1.165) is 50.0 Å². The third kappa shape index (κ3) is 4.50. The standard InChI is InChI=1S/C30H34FN9O2/c1-18-17-38(29(41)42)13-14-39(18)24-5-4-20(15-22(24)31)34-28-36-27(32)40(37-28)25-16-21(26-23(35-25)3-2-12-33-26)30-9-6-19(7-10-30)8-11-30/h4-7,9,15-16,18,33H,2-3,8,10-14,17H2,1H3,(H,41,42)(H3,32,34,36,37). The van der Waals surface area contributed by atoms with Gasteiger partial charge in [-0.05, 0) is 68.9 Å². The lowest BCUT2D eigenvalue weighted by atomic mass is 9.65. The predicted molar refractivity (Wildman–Crippen MR) is 159 cm³/mol. The van der Waals surface area contributed by atoms with E-state index < -0.39 is 11.9 Å². The number of anilines is 5. The number of hydrogen-bond donors (Lipinski definition) is 4. The number of fused-ring (bicyclic) bond motifs is 3. The summed E-state index contributed by atoms with van der Waals surface area (Å²) < 4.78 is 16.8. The zero-order valence-corrected chi connectivity index (χ0v) is 23.5. The Morgan fingerprint density at radius 2 is 2.12 bits per heavy atom. The zero-order valence-electron chi connectivity index (χ0n) is 23.5. The lowest BCUT2D eigenvalue weighted by Crippen LogP contribution is -2.53. The van der Waals surface area contributed by atoms with Crippen molar-refractivity contribution in [3.63, 3.8) is 0 Å². The molecule has 5 aliphatic rings. The minimum absolute atomic E-state index is 0.0820. The summed E-state index contributed by atoms with van der Waals surface area (Å²) in [5.74, 6) is 0.623. The summed E-state index contributed by atoms with van der Waals surface area (Å²) in [6, 6.07) is 6.77. The summed E-state index contributed by atoms with van der Waals surface area (Å²) in [4.78, 5) is 23.9. The number of aromatic nitrogens is 4. The predicted octanol–water partition coefficient (Wildman–Crippen LogP) is 4.59. The SMILES string of the molecule is CC1CN(C(=O)O)CCN1c1ccc(Nc2nc(N)n(-c3cc(C45C=CC(=CC4)CC5)c4c(n3)CCCN4)n2)cc1F. The van der Waals surface area contributed by atoms with E-state index in [4.69, 9.17) is 10.7 Å². The summed E-state index contributed by atoms with van der Waals surface area (Å²) >= 11 is 0. The molecule has 12 heteroatoms. The third-order valence-electron chi connectivity index (χ3n) is 8.97. The number of carbonyl (C=O) groups is 1. The zero-order chi connectivity index (χ0) is 29.0. The summed E-state index contributed by atoms with van der Waals surface area (Å²) in [5.41, 5.74) is 11.9. The first-order chi connectivity index (χ1) is 20.3. The Labute approximate surface area is 242 Å². The molecule has 42 heavy (non-hydrogen) atoms. The molecule has 218 valence electrons. The fraction of sp³-hybridized carbons (Fsp3) is 0.400. The van der Waals surface area contributed by atoms with Crippen LogP contribution in [-0.4, -0.2) is 68.1 Å². The van der Waals surface area contributed by atoms with Gasteiger partial charge in [-0.25, -0.2) is 14.2 Å². The summed E-state index contributed by atoms with van der Waals surface area (Å²) in [7, 11) is 0. The molecule has 3 aliphatic carbocycles. The maximum Gasteiger partial charge on any atom is 0.407 e. The number of nitrogens with two attached hydrogens (primary N) is 1. The maximum absolute atomic E-state index is 15.3. The van der Waals surface area contributed by atoms with Crippen molar-refractivity contribution in [1.29, 1.82) is 0 Å². The summed E-state index contributed by atoms with van der Waals surface area (Å²) in [5, 5.41) is 20.6. The second-order valence-electron chi connectivity index (χ2n) is 11.6. The Hall–Kier alpha value is -4.61. The molecule has 2 aliphatic heterocycles. The van der Waals surface area contributed by atoms with E-state index in [9.17, 15) is 9.90 Å². The van der Waals surface area contributed by atoms with Gasteiger partial charge in [-0.2, -0.15) is 9.67 Å². The Kier molecular flexibility index (Phi) is 6.28. The van der Waals surface area contributed by atoms with E-state index in [0.29, 0.717) is 36.8 Å². The number of benzene rings is 1. The number of nitrogen functional groups attached to an aromatic ring is 1. The highest BCUT2D eigenvalue weighted by Gasteiger charge is 2.38. The second-order valence-corrected chi connectivity index (χ2v) is 11.6. The van der Waals surface area contributed by atoms with Gasteiger partial charge in [0.15, 0.2) is 5.82 Å². The molecular weight excluding hydrogens is 537 g/mol. The third-order valence-corrected chi connectivity index (χ3v) is 8.97. The van der Waals surface area contributed by atoms with Crippen LogP contribution in [0.2, 0.25) is 0 Å². The van der Waals surface area contributed by atoms with Gasteiger partial charge in [0.1, 0.15) is 5.82 Å². The van der Waals surface area contributed by atoms with Crippen LogP contribution in [0.15, 0.2) is 48.1 Å². The molecule has 1 aromatic carbocycles. The Morgan fingerprint density at radius 1 is 1.24 bits per heavy atom. The monoisotopic (exact) mass is 571 g/mol. The first kappa shape index (κ1) is 26.3. The lowest BCUT2D eigenvalue weighted by molar-refractivity contribution is 0.136. The molecule has 2 bridgehead atoms. The number of aryl methyl sites for hydroxylation is 1. The van der Waals surface area contributed by atoms with Crippen LogP contribution in [0.25, 0.3) is 5.82 Å². The molecule has 1 amide bonds. The lowest BCUT2D eigenvalue weighted by Gasteiger charge is -2.40. The number of hydrogen-bond acceptors (Lipinski definition) is 8. The normalized spacial score (nSPS) is 22.9. The number of nitrogens with zero attached hydrogens (tertiary/aromatic N) is 6. The van der Waals surface area contributed by atoms with Gasteiger partial charge in [0.25, 0.3) is 0 Å². The van der Waals surface area contributed by atoms with Gasteiger partial charge < -0.3 is 31.3 Å². The van der Waals surface area contributed by atoms with Gasteiger partial charge in [-0.1, -0.05) is 23.8 Å². The number of carboxylic acid groups (broad SMARTS) is 1. The average Bonchev–Trinajstić information content (AvgIpc) is 3.37. The van der Waals surface area contributed by atoms with Crippen molar-refractivity contribution in [1.82, 2.24) is 24.6 Å². The number of halogens is 1. The number of rotatable bonds is 5. The molecular formula is C30H34FN9O2. The molecule has 2 aromatic heterocycles. The van der Waals surface area contributed by atoms with E-state index in [1.54, 1.807) is 16.8 Å². The second kappa shape index (κ2) is 10.0. The molecule has 4 heterocycles. The van der Waals surface area contributed by atoms with E-state index in [1.807, 2.05) is 11.8 Å². The first-order valence-corrected chi connectivity index (χ1v) is 14.5. The molecule has 2 unspecified atom stereocenters. The fourth-order valence-corrected chi connectivity index (χ4v) is 6.70. The van der Waals surface area contributed by atoms with Crippen molar-refractivity contribution in [2.75, 3.05) is 47.4 Å². The quantitative estimate of drug-likeness (QED) is 0.346. The minimum atomic E-state index is -0.957. The number of allylic oxidation sites excluding steroid dienone is 4. The molecule has 1 saturated heterocycles. The van der Waals surface area contributed by atoms with Gasteiger partial charge in [-0.15, -0.1) is 5.10 Å². The van der Waals surface area contributed by atoms with Crippen LogP contribution in [0.3, 0.4) is 0 Å². The van der Waals surface area contributed by atoms with Crippen LogP contribution in [0.4, 0.5) is 38.1 Å². The van der Waals surface area contributed by atoms with Gasteiger partial charge in [0.05, 0.1) is 17.1 Å². The Morgan fingerprint density at radius 3 is 2.83 bits per heavy atom. The molecule has 11 nitrogen and oxygen atoms in total. The van der Waals surface area contributed by atoms with Crippen LogP contribution >= 0.6 is 0 Å². The van der Waals surface area contributed by atoms with E-state index in [2.05, 4.69) is 45.0 Å². The topological polar surface area (TPSA) is 137 Å². The smallest absolute Gasteiger partial charge is 0.407 e. The molecule has 3 aromatic rings. The fourth-order valence-electron chi connectivity index (χ4n) is 6.70. The summed E-state index contributed by atoms with van der Waals surface area (Å²) in [6.45, 7) is 3.87. The van der Waals surface area contributed by atoms with E-state index in [-0.39, 0.29) is 23.4 Å². The largest absolute Gasteiger partial charge is 0.465 e. The van der Waals surface area contributed by atoms with Gasteiger partial charge in [0, 0.05) is 43.3 Å². The van der Waals surface area contributed by atoms with Crippen molar-refractivity contribution < 1.29 is 14.3 Å². The van der Waals surface area contributed by atoms with Crippen molar-refractivity contribution in [3.8, 4) is 5.82 Å². The molecule has 0 saturated carbocycles. The highest BCUT2D eigenvalue weighted by Crippen LogP contribution is 2.48. The molecule has 0 radical (unpaired) electrons. The highest BCUT2D eigenvalue weighted by atomic mass is 19.1. The molecule has 0 spiro atoms. The van der Waals surface area contributed by atoms with Crippen molar-refractivity contribution in [3.05, 3.63) is 65.1 Å². The number of amides is 1. The van der Waals surface area contributed by atoms with Crippen LogP contribution in [0.5, 0.6) is 0 Å². The van der Waals surface area contributed by atoms with E-state index in [1.165, 1.54) is 22.1 Å². The number of piperazine rings is 1. The number of pyridine rings is 1. The van der Waals surface area contributed by atoms with Crippen LogP contribution in [0, 0.1) is 5.82 Å². The summed E-state index contributed by atoms with van der Waals surface area (Å²) in [6.07, 6.45) is 10.9. The van der Waals surface area contributed by atoms with Crippen LogP contribution < -0.4 is 21.3 Å². The van der Waals surface area contributed by atoms with Gasteiger partial charge >= 0.3 is 6.09 Å². The average molecular weight is 572 g/mol. The maximum atomic E-state index is 15.3. The van der Waals surface area contributed by atoms with E-state index >= 15 is 4.39 Å². The Balaban J connectivity index is 1.15. The minimum Gasteiger partial charge on any atom is -0.465 e. The number of nitrogens with one attached hydrogen (secondary N) is 2. The molecule has 2 atom stereocenters. The first-order valence-electron chi connectivity index (χ1n) is 14.5. The molecule has 1 fully saturated rings.